The molecule has 0 aromatic heterocycles. The van der Waals surface area contributed by atoms with Crippen molar-refractivity contribution < 1.29 is 9.47 Å². The lowest BCUT2D eigenvalue weighted by molar-refractivity contribution is 0.457. The van der Waals surface area contributed by atoms with Crippen LogP contribution < -0.4 is 14.4 Å². The highest BCUT2D eigenvalue weighted by atomic mass is 32.2. The predicted molar refractivity (Wildman–Crippen MR) is 294 cm³/mol. The van der Waals surface area contributed by atoms with Gasteiger partial charge in [-0.15, -0.1) is 0 Å². The van der Waals surface area contributed by atoms with E-state index in [2.05, 4.69) is 245 Å². The van der Waals surface area contributed by atoms with Crippen LogP contribution in [0.4, 0.5) is 17.1 Å². The van der Waals surface area contributed by atoms with E-state index in [9.17, 15) is 0 Å². The van der Waals surface area contributed by atoms with Crippen LogP contribution in [0.1, 0.15) is 49.9 Å². The number of hydrogen-bond donors (Lipinski definition) is 0. The summed E-state index contributed by atoms with van der Waals surface area (Å²) < 4.78 is 14.2. The molecule has 340 valence electrons. The molecule has 4 aliphatic rings. The van der Waals surface area contributed by atoms with Crippen LogP contribution in [0, 0.1) is 0 Å². The van der Waals surface area contributed by atoms with E-state index in [1.165, 1.54) is 55.6 Å². The Morgan fingerprint density at radius 1 is 0.296 bits per heavy atom. The van der Waals surface area contributed by atoms with Crippen LogP contribution in [-0.2, 0) is 10.8 Å². The number of fused-ring (bicyclic) bond motifs is 12. The molecule has 10 aromatic carbocycles. The first-order valence-electron chi connectivity index (χ1n) is 24.4. The van der Waals surface area contributed by atoms with Crippen LogP contribution in [0.3, 0.4) is 0 Å². The fourth-order valence-corrected chi connectivity index (χ4v) is 13.6. The Labute approximate surface area is 423 Å². The SMILES string of the molecule is CC1(C)c2ccccc2-c2c1ccc1c2Oc2c(cccc2-c2ccc(N(c3ccc(-c4ccccc4)cc3)c3ccc(-c4cccc5c4Oc4c(ccc6c4-c4ccccc4C6(C)C)S5)cc3)cc2)S1. The van der Waals surface area contributed by atoms with Crippen molar-refractivity contribution in [2.75, 3.05) is 4.90 Å². The normalized spacial score (nSPS) is 14.5. The minimum atomic E-state index is -0.105. The van der Waals surface area contributed by atoms with Crippen molar-refractivity contribution in [3.05, 3.63) is 235 Å². The molecule has 0 atom stereocenters. The van der Waals surface area contributed by atoms with Crippen LogP contribution in [0.25, 0.3) is 55.6 Å². The van der Waals surface area contributed by atoms with Gasteiger partial charge in [0.2, 0.25) is 0 Å². The highest BCUT2D eigenvalue weighted by Crippen LogP contribution is 2.61. The molecule has 0 N–H and O–H groups in total. The topological polar surface area (TPSA) is 21.7 Å². The molecular weight excluding hydrogens is 903 g/mol. The van der Waals surface area contributed by atoms with Gasteiger partial charge >= 0.3 is 0 Å². The molecule has 5 heteroatoms. The average molecular weight is 950 g/mol. The Balaban J connectivity index is 0.819. The molecule has 0 saturated carbocycles. The molecule has 0 unspecified atom stereocenters. The Morgan fingerprint density at radius 2 is 0.662 bits per heavy atom. The smallest absolute Gasteiger partial charge is 0.149 e. The summed E-state index contributed by atoms with van der Waals surface area (Å²) >= 11 is 3.60. The molecule has 71 heavy (non-hydrogen) atoms. The number of benzene rings is 10. The second-order valence-corrected chi connectivity index (χ2v) is 22.2. The summed E-state index contributed by atoms with van der Waals surface area (Å²) in [6.45, 7) is 9.29. The molecule has 3 nitrogen and oxygen atoms in total. The van der Waals surface area contributed by atoms with Gasteiger partial charge in [-0.3, -0.25) is 0 Å². The zero-order chi connectivity index (χ0) is 47.6. The summed E-state index contributed by atoms with van der Waals surface area (Å²) in [5.41, 5.74) is 20.0. The van der Waals surface area contributed by atoms with Crippen LogP contribution in [0.15, 0.2) is 232 Å². The van der Waals surface area contributed by atoms with Crippen molar-refractivity contribution in [1.82, 2.24) is 0 Å². The molecule has 0 radical (unpaired) electrons. The van der Waals surface area contributed by atoms with Crippen molar-refractivity contribution in [2.24, 2.45) is 0 Å². The standard InChI is InChI=1S/C66H47NO2S2/c1-65(2)51-20-10-8-16-49(51)59-53(65)36-38-57-63(59)68-61-47(18-12-22-55(61)70-57)42-26-32-45(33-27-42)67(44-30-24-41(25-31-44)40-14-6-5-7-15-40)46-34-28-43(29-35-46)48-19-13-23-56-62(48)69-64-58(71-56)39-37-54-60(64)50-17-9-11-21-52(50)66(54,3)4/h5-39H,1-4H3. The molecule has 0 fully saturated rings. The average Bonchev–Trinajstić information content (AvgIpc) is 3.80. The second kappa shape index (κ2) is 15.9. The first kappa shape index (κ1) is 42.2. The number of ether oxygens (including phenoxy) is 2. The lowest BCUT2D eigenvalue weighted by Crippen LogP contribution is -2.15. The van der Waals surface area contributed by atoms with Crippen LogP contribution in [-0.4, -0.2) is 0 Å². The fraction of sp³-hybridized carbons (Fsp3) is 0.0909. The lowest BCUT2D eigenvalue weighted by atomic mass is 9.82. The van der Waals surface area contributed by atoms with Crippen molar-refractivity contribution in [2.45, 2.75) is 58.1 Å². The number of nitrogens with zero attached hydrogens (tertiary/aromatic N) is 1. The molecule has 2 aliphatic heterocycles. The van der Waals surface area contributed by atoms with Gasteiger partial charge in [-0.2, -0.15) is 0 Å². The summed E-state index contributed by atoms with van der Waals surface area (Å²) in [6.07, 6.45) is 0. The van der Waals surface area contributed by atoms with Gasteiger partial charge in [-0.05, 0) is 116 Å². The molecule has 14 rings (SSSR count). The summed E-state index contributed by atoms with van der Waals surface area (Å²) in [7, 11) is 0. The Hall–Kier alpha value is -7.70. The van der Waals surface area contributed by atoms with Gasteiger partial charge in [0.1, 0.15) is 23.0 Å². The van der Waals surface area contributed by atoms with Crippen molar-refractivity contribution in [3.8, 4) is 78.6 Å². The van der Waals surface area contributed by atoms with E-state index >= 15 is 0 Å². The van der Waals surface area contributed by atoms with Crippen LogP contribution in [0.2, 0.25) is 0 Å². The number of rotatable bonds is 6. The van der Waals surface area contributed by atoms with E-state index in [0.717, 1.165) is 81.9 Å². The Bertz CT molecular complexity index is 3590. The molecule has 0 saturated heterocycles. The molecule has 10 aromatic rings. The summed E-state index contributed by atoms with van der Waals surface area (Å²) in [5, 5.41) is 0. The monoisotopic (exact) mass is 949 g/mol. The zero-order valence-corrected chi connectivity index (χ0v) is 41.4. The van der Waals surface area contributed by atoms with Gasteiger partial charge in [0.05, 0.1) is 19.6 Å². The summed E-state index contributed by atoms with van der Waals surface area (Å²) in [5.74, 6) is 3.73. The molecule has 0 amide bonds. The van der Waals surface area contributed by atoms with Crippen molar-refractivity contribution in [3.63, 3.8) is 0 Å². The molecule has 0 bridgehead atoms. The largest absolute Gasteiger partial charge is 0.454 e. The van der Waals surface area contributed by atoms with E-state index in [0.29, 0.717) is 0 Å². The van der Waals surface area contributed by atoms with Gasteiger partial charge in [-0.1, -0.05) is 203 Å². The van der Waals surface area contributed by atoms with Gasteiger partial charge in [0.25, 0.3) is 0 Å². The van der Waals surface area contributed by atoms with Gasteiger partial charge in [-0.25, -0.2) is 0 Å². The number of anilines is 3. The maximum Gasteiger partial charge on any atom is 0.149 e. The number of para-hydroxylation sites is 2. The lowest BCUT2D eigenvalue weighted by Gasteiger charge is -2.27. The van der Waals surface area contributed by atoms with E-state index in [-0.39, 0.29) is 10.8 Å². The highest BCUT2D eigenvalue weighted by Gasteiger charge is 2.41. The maximum atomic E-state index is 7.12. The first-order valence-corrected chi connectivity index (χ1v) is 26.0. The van der Waals surface area contributed by atoms with Gasteiger partial charge < -0.3 is 14.4 Å². The summed E-state index contributed by atoms with van der Waals surface area (Å²) in [6, 6.07) is 77.1. The van der Waals surface area contributed by atoms with Crippen molar-refractivity contribution in [1.29, 1.82) is 0 Å². The molecule has 2 heterocycles. The van der Waals surface area contributed by atoms with Crippen LogP contribution >= 0.6 is 23.5 Å². The maximum absolute atomic E-state index is 7.12. The van der Waals surface area contributed by atoms with Gasteiger partial charge in [0, 0.05) is 50.1 Å². The molecule has 0 spiro atoms. The molecular formula is C66H47NO2S2. The highest BCUT2D eigenvalue weighted by molar-refractivity contribution is 8.00. The minimum absolute atomic E-state index is 0.105. The van der Waals surface area contributed by atoms with Crippen LogP contribution in [0.5, 0.6) is 23.0 Å². The van der Waals surface area contributed by atoms with Crippen molar-refractivity contribution >= 4 is 40.6 Å². The quantitative estimate of drug-likeness (QED) is 0.165. The Morgan fingerprint density at radius 3 is 1.11 bits per heavy atom. The minimum Gasteiger partial charge on any atom is -0.454 e. The number of hydrogen-bond acceptors (Lipinski definition) is 5. The second-order valence-electron chi connectivity index (χ2n) is 20.0. The van der Waals surface area contributed by atoms with E-state index in [1.807, 2.05) is 0 Å². The third-order valence-corrected chi connectivity index (χ3v) is 17.4. The molecule has 2 aliphatic carbocycles. The van der Waals surface area contributed by atoms with Gasteiger partial charge in [0.15, 0.2) is 0 Å². The van der Waals surface area contributed by atoms with E-state index in [1.54, 1.807) is 23.5 Å². The zero-order valence-electron chi connectivity index (χ0n) is 39.8. The fourth-order valence-electron chi connectivity index (χ4n) is 11.6. The third kappa shape index (κ3) is 6.53. The predicted octanol–water partition coefficient (Wildman–Crippen LogP) is 19.3. The Kier molecular flexibility index (Phi) is 9.46. The first-order chi connectivity index (χ1) is 34.7. The van der Waals surface area contributed by atoms with E-state index in [4.69, 9.17) is 9.47 Å². The summed E-state index contributed by atoms with van der Waals surface area (Å²) in [4.78, 5) is 6.89. The third-order valence-electron chi connectivity index (χ3n) is 15.2. The van der Waals surface area contributed by atoms with E-state index < -0.39 is 0 Å².